The van der Waals surface area contributed by atoms with Crippen LogP contribution in [0, 0.1) is 0 Å². The lowest BCUT2D eigenvalue weighted by atomic mass is 10.1. The second kappa shape index (κ2) is 22.2. The molecule has 0 aliphatic rings. The first-order valence-corrected chi connectivity index (χ1v) is 10.3. The molecule has 0 fully saturated rings. The van der Waals surface area contributed by atoms with E-state index in [-0.39, 0.29) is 19.2 Å². The maximum absolute atomic E-state index is 11.2. The van der Waals surface area contributed by atoms with E-state index in [1.54, 1.807) is 0 Å². The van der Waals surface area contributed by atoms with Crippen LogP contribution < -0.4 is 0 Å². The summed E-state index contributed by atoms with van der Waals surface area (Å²) in [6.45, 7) is 2.16. The fraction of sp³-hybridized carbons (Fsp3) is 0.542. The number of hydrogen-bond acceptors (Lipinski definition) is 3. The number of allylic oxidation sites excluding steroid dienone is 10. The maximum atomic E-state index is 11.2. The van der Waals surface area contributed by atoms with Crippen molar-refractivity contribution in [1.82, 2.24) is 0 Å². The van der Waals surface area contributed by atoms with Crippen molar-refractivity contribution in [3.05, 3.63) is 60.8 Å². The predicted octanol–water partition coefficient (Wildman–Crippen LogP) is 6.22. The Kier molecular flexibility index (Phi) is 20.6. The van der Waals surface area contributed by atoms with Crippen LogP contribution in [0.2, 0.25) is 0 Å². The van der Waals surface area contributed by atoms with Crippen LogP contribution in [0.1, 0.15) is 71.1 Å². The van der Waals surface area contributed by atoms with Gasteiger partial charge in [-0.15, -0.1) is 0 Å². The van der Waals surface area contributed by atoms with Crippen LogP contribution >= 0.6 is 0 Å². The minimum atomic E-state index is -0.209. The molecule has 0 unspecified atom stereocenters. The predicted molar refractivity (Wildman–Crippen MR) is 116 cm³/mol. The van der Waals surface area contributed by atoms with Crippen molar-refractivity contribution in [3.8, 4) is 0 Å². The van der Waals surface area contributed by atoms with E-state index in [2.05, 4.69) is 67.7 Å². The number of esters is 1. The molecular weight excluding hydrogens is 336 g/mol. The standard InChI is InChI=1S/C24H38O3/c1-2-3-4-5-6-7-8-9-10-11-12-13-14-15-16-17-18-19-20-21-24(26)27-23-22-25/h3-4,6-7,9-10,12-13,15-16,25H,2,5,8,11,14,17-23H2,1H3/b4-3-,7-6-,10-9-,13-12-,16-15-. The molecule has 0 aromatic rings. The van der Waals surface area contributed by atoms with Crippen LogP contribution in [-0.4, -0.2) is 24.3 Å². The first kappa shape index (κ1) is 25.1. The highest BCUT2D eigenvalue weighted by Gasteiger charge is 2.00. The smallest absolute Gasteiger partial charge is 0.305 e. The fourth-order valence-corrected chi connectivity index (χ4v) is 2.31. The van der Waals surface area contributed by atoms with Crippen molar-refractivity contribution in [2.45, 2.75) is 71.1 Å². The van der Waals surface area contributed by atoms with Gasteiger partial charge in [-0.25, -0.2) is 0 Å². The first-order chi connectivity index (χ1) is 13.3. The number of rotatable bonds is 17. The van der Waals surface area contributed by atoms with E-state index < -0.39 is 0 Å². The topological polar surface area (TPSA) is 46.5 Å². The summed E-state index contributed by atoms with van der Waals surface area (Å²) in [5, 5.41) is 8.55. The van der Waals surface area contributed by atoms with Gasteiger partial charge in [0.2, 0.25) is 0 Å². The number of carbonyl (C=O) groups is 1. The van der Waals surface area contributed by atoms with E-state index in [0.29, 0.717) is 6.42 Å². The van der Waals surface area contributed by atoms with Crippen LogP contribution in [0.15, 0.2) is 60.8 Å². The average Bonchev–Trinajstić information content (AvgIpc) is 2.68. The molecule has 0 aliphatic carbocycles. The number of hydrogen-bond donors (Lipinski definition) is 1. The summed E-state index contributed by atoms with van der Waals surface area (Å²) in [7, 11) is 0. The highest BCUT2D eigenvalue weighted by Crippen LogP contribution is 2.05. The van der Waals surface area contributed by atoms with Gasteiger partial charge >= 0.3 is 5.97 Å². The molecule has 3 nitrogen and oxygen atoms in total. The van der Waals surface area contributed by atoms with E-state index in [0.717, 1.165) is 57.8 Å². The molecule has 0 rings (SSSR count). The summed E-state index contributed by atoms with van der Waals surface area (Å²) >= 11 is 0. The van der Waals surface area contributed by atoms with Crippen LogP contribution in [0.3, 0.4) is 0 Å². The van der Waals surface area contributed by atoms with Gasteiger partial charge in [0.25, 0.3) is 0 Å². The van der Waals surface area contributed by atoms with Gasteiger partial charge in [-0.1, -0.05) is 74.1 Å². The second-order valence-corrected chi connectivity index (χ2v) is 6.25. The number of carbonyl (C=O) groups excluding carboxylic acids is 1. The van der Waals surface area contributed by atoms with Gasteiger partial charge in [0, 0.05) is 6.42 Å². The van der Waals surface area contributed by atoms with E-state index in [1.807, 2.05) is 0 Å². The normalized spacial score (nSPS) is 12.5. The molecule has 0 saturated carbocycles. The largest absolute Gasteiger partial charge is 0.463 e. The molecule has 0 aromatic carbocycles. The van der Waals surface area contributed by atoms with Gasteiger partial charge in [0.1, 0.15) is 6.61 Å². The average molecular weight is 375 g/mol. The molecule has 0 heterocycles. The summed E-state index contributed by atoms with van der Waals surface area (Å²) < 4.78 is 4.81. The van der Waals surface area contributed by atoms with Gasteiger partial charge in [-0.3, -0.25) is 4.79 Å². The second-order valence-electron chi connectivity index (χ2n) is 6.25. The van der Waals surface area contributed by atoms with Gasteiger partial charge < -0.3 is 9.84 Å². The van der Waals surface area contributed by atoms with Crippen molar-refractivity contribution < 1.29 is 14.6 Å². The number of ether oxygens (including phenoxy) is 1. The van der Waals surface area contributed by atoms with Crippen molar-refractivity contribution in [2.75, 3.05) is 13.2 Å². The molecule has 0 spiro atoms. The van der Waals surface area contributed by atoms with Crippen molar-refractivity contribution in [3.63, 3.8) is 0 Å². The Morgan fingerprint density at radius 3 is 1.78 bits per heavy atom. The number of aliphatic hydroxyl groups excluding tert-OH is 1. The van der Waals surface area contributed by atoms with Crippen LogP contribution in [-0.2, 0) is 9.53 Å². The Hall–Kier alpha value is -1.87. The lowest BCUT2D eigenvalue weighted by Crippen LogP contribution is -2.07. The minimum Gasteiger partial charge on any atom is -0.463 e. The van der Waals surface area contributed by atoms with E-state index in [9.17, 15) is 4.79 Å². The zero-order valence-corrected chi connectivity index (χ0v) is 17.0. The minimum absolute atomic E-state index is 0.101. The quantitative estimate of drug-likeness (QED) is 0.187. The third kappa shape index (κ3) is 22.1. The monoisotopic (exact) mass is 374 g/mol. The van der Waals surface area contributed by atoms with Gasteiger partial charge in [0.05, 0.1) is 6.61 Å². The molecule has 0 atom stereocenters. The van der Waals surface area contributed by atoms with Crippen LogP contribution in [0.4, 0.5) is 0 Å². The number of aliphatic hydroxyl groups is 1. The third-order valence-corrected chi connectivity index (χ3v) is 3.76. The summed E-state index contributed by atoms with van der Waals surface area (Å²) in [4.78, 5) is 11.2. The molecular formula is C24H38O3. The molecule has 0 radical (unpaired) electrons. The molecule has 27 heavy (non-hydrogen) atoms. The molecule has 152 valence electrons. The summed E-state index contributed by atoms with van der Waals surface area (Å²) in [6.07, 6.45) is 31.6. The molecule has 1 N–H and O–H groups in total. The molecule has 0 bridgehead atoms. The molecule has 0 amide bonds. The molecule has 0 aliphatic heterocycles. The lowest BCUT2D eigenvalue weighted by molar-refractivity contribution is -0.144. The van der Waals surface area contributed by atoms with Gasteiger partial charge in [-0.05, 0) is 51.4 Å². The number of unbranched alkanes of at least 4 members (excludes halogenated alkanes) is 3. The highest BCUT2D eigenvalue weighted by atomic mass is 16.5. The Labute approximate surface area is 166 Å². The van der Waals surface area contributed by atoms with Gasteiger partial charge in [0.15, 0.2) is 0 Å². The maximum Gasteiger partial charge on any atom is 0.305 e. The molecule has 3 heteroatoms. The van der Waals surface area contributed by atoms with Crippen molar-refractivity contribution >= 4 is 5.97 Å². The zero-order valence-electron chi connectivity index (χ0n) is 17.0. The van der Waals surface area contributed by atoms with Crippen LogP contribution in [0.25, 0.3) is 0 Å². The Bertz CT molecular complexity index is 470. The van der Waals surface area contributed by atoms with Crippen LogP contribution in [0.5, 0.6) is 0 Å². The molecule has 0 aromatic heterocycles. The highest BCUT2D eigenvalue weighted by molar-refractivity contribution is 5.69. The third-order valence-electron chi connectivity index (χ3n) is 3.76. The fourth-order valence-electron chi connectivity index (χ4n) is 2.31. The Morgan fingerprint density at radius 2 is 1.26 bits per heavy atom. The zero-order chi connectivity index (χ0) is 19.8. The van der Waals surface area contributed by atoms with E-state index in [4.69, 9.17) is 9.84 Å². The van der Waals surface area contributed by atoms with Crippen molar-refractivity contribution in [1.29, 1.82) is 0 Å². The van der Waals surface area contributed by atoms with E-state index in [1.165, 1.54) is 0 Å². The molecule has 0 saturated heterocycles. The first-order valence-electron chi connectivity index (χ1n) is 10.3. The Balaban J connectivity index is 3.44. The van der Waals surface area contributed by atoms with Gasteiger partial charge in [-0.2, -0.15) is 0 Å². The summed E-state index contributed by atoms with van der Waals surface area (Å²) in [5.41, 5.74) is 0. The SMILES string of the molecule is CC/C=C\C/C=C\C/C=C\C/C=C\C/C=C\CCCCCC(=O)OCCO. The summed E-state index contributed by atoms with van der Waals surface area (Å²) in [5.74, 6) is -0.209. The Morgan fingerprint density at radius 1 is 0.741 bits per heavy atom. The summed E-state index contributed by atoms with van der Waals surface area (Å²) in [6, 6.07) is 0. The van der Waals surface area contributed by atoms with E-state index >= 15 is 0 Å². The lowest BCUT2D eigenvalue weighted by Gasteiger charge is -2.01. The van der Waals surface area contributed by atoms with Crippen molar-refractivity contribution in [2.24, 2.45) is 0 Å².